The van der Waals surface area contributed by atoms with Gasteiger partial charge in [0.1, 0.15) is 17.0 Å². The van der Waals surface area contributed by atoms with Gasteiger partial charge in [0.05, 0.1) is 5.52 Å². The molecule has 2 rings (SSSR count). The minimum Gasteiger partial charge on any atom is -0.443 e. The number of aromatic nitrogens is 2. The largest absolute Gasteiger partial charge is 0.443 e. The van der Waals surface area contributed by atoms with E-state index in [0.29, 0.717) is 6.42 Å². The average Bonchev–Trinajstić information content (AvgIpc) is 2.60. The lowest BCUT2D eigenvalue weighted by Gasteiger charge is -2.19. The summed E-state index contributed by atoms with van der Waals surface area (Å²) in [5.74, 6) is 0.877. The first kappa shape index (κ1) is 24.4. The quantitative estimate of drug-likeness (QED) is 0.336. The van der Waals surface area contributed by atoms with Gasteiger partial charge in [-0.05, 0) is 76.5 Å². The van der Waals surface area contributed by atoms with Gasteiger partial charge < -0.3 is 4.74 Å². The topological polar surface area (TPSA) is 110 Å². The van der Waals surface area contributed by atoms with Crippen LogP contribution in [0.15, 0.2) is 23.5 Å². The highest BCUT2D eigenvalue weighted by atomic mass is 32.2. The number of amides is 1. The lowest BCUT2D eigenvalue weighted by atomic mass is 10.1. The molecule has 0 aliphatic carbocycles. The summed E-state index contributed by atoms with van der Waals surface area (Å²) in [7, 11) is -3.92. The van der Waals surface area contributed by atoms with Crippen LogP contribution in [0.1, 0.15) is 51.2 Å². The SMILES string of the molecule is Cc1cc2ncnc(SCCCCCNS(=O)(=O)NC(=O)OC(C)(C)C)c2cc1C. The van der Waals surface area contributed by atoms with Gasteiger partial charge in [0, 0.05) is 11.9 Å². The predicted molar refractivity (Wildman–Crippen MR) is 120 cm³/mol. The fourth-order valence-corrected chi connectivity index (χ4v) is 4.36. The number of carbonyl (C=O) groups is 1. The second-order valence-corrected chi connectivity index (χ2v) is 10.6. The fraction of sp³-hybridized carbons (Fsp3) is 0.550. The van der Waals surface area contributed by atoms with Crippen LogP contribution in [-0.2, 0) is 14.9 Å². The Labute approximate surface area is 182 Å². The summed E-state index contributed by atoms with van der Waals surface area (Å²) < 4.78 is 32.8. The van der Waals surface area contributed by atoms with Crippen molar-refractivity contribution in [3.8, 4) is 0 Å². The van der Waals surface area contributed by atoms with E-state index in [0.717, 1.165) is 34.5 Å². The van der Waals surface area contributed by atoms with Crippen LogP contribution in [0.25, 0.3) is 10.9 Å². The van der Waals surface area contributed by atoms with E-state index < -0.39 is 21.9 Å². The predicted octanol–water partition coefficient (Wildman–Crippen LogP) is 3.87. The van der Waals surface area contributed by atoms with Crippen molar-refractivity contribution in [1.29, 1.82) is 0 Å². The first-order valence-corrected chi connectivity index (χ1v) is 12.3. The maximum Gasteiger partial charge on any atom is 0.422 e. The summed E-state index contributed by atoms with van der Waals surface area (Å²) in [6.45, 7) is 9.39. The first-order chi connectivity index (χ1) is 14.0. The molecule has 10 heteroatoms. The second kappa shape index (κ2) is 10.4. The standard InChI is InChI=1S/C20H30N4O4S2/c1-14-11-16-17(12-15(14)2)21-13-22-18(16)29-10-8-6-7-9-23-30(26,27)24-19(25)28-20(3,4)5/h11-13,23H,6-10H2,1-5H3,(H,24,25). The molecule has 0 aliphatic heterocycles. The van der Waals surface area contributed by atoms with Gasteiger partial charge in [-0.1, -0.05) is 6.42 Å². The van der Waals surface area contributed by atoms with Crippen LogP contribution >= 0.6 is 11.8 Å². The van der Waals surface area contributed by atoms with Crippen LogP contribution in [0, 0.1) is 13.8 Å². The molecule has 2 N–H and O–H groups in total. The third-order valence-corrected chi connectivity index (χ3v) is 6.29. The third-order valence-electron chi connectivity index (χ3n) is 4.18. The monoisotopic (exact) mass is 454 g/mol. The average molecular weight is 455 g/mol. The normalized spacial score (nSPS) is 12.2. The summed E-state index contributed by atoms with van der Waals surface area (Å²) in [6, 6.07) is 4.20. The zero-order valence-corrected chi connectivity index (χ0v) is 19.7. The number of nitrogens with zero attached hydrogens (tertiary/aromatic N) is 2. The van der Waals surface area contributed by atoms with Crippen LogP contribution in [0.3, 0.4) is 0 Å². The summed E-state index contributed by atoms with van der Waals surface area (Å²) in [5.41, 5.74) is 2.61. The van der Waals surface area contributed by atoms with Crippen LogP contribution in [0.5, 0.6) is 0 Å². The summed E-state index contributed by atoms with van der Waals surface area (Å²) >= 11 is 1.68. The molecule has 2 aromatic rings. The molecule has 0 fully saturated rings. The molecule has 0 saturated carbocycles. The minimum atomic E-state index is -3.92. The summed E-state index contributed by atoms with van der Waals surface area (Å²) in [5, 5.41) is 2.02. The molecule has 8 nitrogen and oxygen atoms in total. The van der Waals surface area contributed by atoms with Crippen LogP contribution in [0.2, 0.25) is 0 Å². The minimum absolute atomic E-state index is 0.248. The number of benzene rings is 1. The zero-order valence-electron chi connectivity index (χ0n) is 18.1. The Morgan fingerprint density at radius 1 is 1.10 bits per heavy atom. The molecule has 0 bridgehead atoms. The first-order valence-electron chi connectivity index (χ1n) is 9.82. The summed E-state index contributed by atoms with van der Waals surface area (Å²) in [6.07, 6.45) is 3.03. The van der Waals surface area contributed by atoms with E-state index in [9.17, 15) is 13.2 Å². The Morgan fingerprint density at radius 2 is 1.80 bits per heavy atom. The molecule has 0 spiro atoms. The van der Waals surface area contributed by atoms with Crippen LogP contribution in [0.4, 0.5) is 4.79 Å². The summed E-state index contributed by atoms with van der Waals surface area (Å²) in [4.78, 5) is 20.3. The van der Waals surface area contributed by atoms with Gasteiger partial charge >= 0.3 is 16.3 Å². The van der Waals surface area contributed by atoms with Gasteiger partial charge in [-0.15, -0.1) is 11.8 Å². The maximum absolute atomic E-state index is 11.8. The molecule has 30 heavy (non-hydrogen) atoms. The van der Waals surface area contributed by atoms with E-state index >= 15 is 0 Å². The van der Waals surface area contributed by atoms with E-state index in [4.69, 9.17) is 4.74 Å². The van der Waals surface area contributed by atoms with E-state index in [-0.39, 0.29) is 6.54 Å². The molecule has 0 aliphatic rings. The van der Waals surface area contributed by atoms with Gasteiger partial charge in [-0.25, -0.2) is 19.5 Å². The third kappa shape index (κ3) is 8.08. The van der Waals surface area contributed by atoms with Gasteiger partial charge in [0.2, 0.25) is 0 Å². The molecule has 0 radical (unpaired) electrons. The molecule has 166 valence electrons. The molecular weight excluding hydrogens is 424 g/mol. The molecule has 0 unspecified atom stereocenters. The lowest BCUT2D eigenvalue weighted by molar-refractivity contribution is 0.0569. The van der Waals surface area contributed by atoms with Crippen molar-refractivity contribution in [2.24, 2.45) is 0 Å². The number of hydrogen-bond donors (Lipinski definition) is 2. The van der Waals surface area contributed by atoms with Crippen molar-refractivity contribution in [3.63, 3.8) is 0 Å². The molecule has 0 saturated heterocycles. The van der Waals surface area contributed by atoms with E-state index in [1.165, 1.54) is 11.1 Å². The van der Waals surface area contributed by atoms with Crippen molar-refractivity contribution in [2.45, 2.75) is 64.5 Å². The number of carbonyl (C=O) groups excluding carboxylic acids is 1. The van der Waals surface area contributed by atoms with Crippen LogP contribution in [-0.4, -0.2) is 42.4 Å². The number of ether oxygens (including phenoxy) is 1. The van der Waals surface area contributed by atoms with Crippen molar-refractivity contribution in [2.75, 3.05) is 12.3 Å². The van der Waals surface area contributed by atoms with Crippen molar-refractivity contribution in [3.05, 3.63) is 29.6 Å². The maximum atomic E-state index is 11.8. The smallest absolute Gasteiger partial charge is 0.422 e. The van der Waals surface area contributed by atoms with E-state index in [1.54, 1.807) is 38.9 Å². The number of rotatable bonds is 9. The molecule has 1 aromatic heterocycles. The number of thioether (sulfide) groups is 1. The second-order valence-electron chi connectivity index (χ2n) is 8.04. The number of nitrogens with one attached hydrogen (secondary N) is 2. The molecule has 1 amide bonds. The van der Waals surface area contributed by atoms with Gasteiger partial charge in [0.25, 0.3) is 0 Å². The van der Waals surface area contributed by atoms with Crippen LogP contribution < -0.4 is 9.44 Å². The molecule has 0 atom stereocenters. The van der Waals surface area contributed by atoms with Gasteiger partial charge in [-0.2, -0.15) is 13.1 Å². The van der Waals surface area contributed by atoms with E-state index in [2.05, 4.69) is 40.7 Å². The fourth-order valence-electron chi connectivity index (χ4n) is 2.63. The van der Waals surface area contributed by atoms with Crippen molar-refractivity contribution < 1.29 is 17.9 Å². The zero-order chi connectivity index (χ0) is 22.4. The number of hydrogen-bond acceptors (Lipinski definition) is 7. The number of fused-ring (bicyclic) bond motifs is 1. The molecule has 1 heterocycles. The van der Waals surface area contributed by atoms with Gasteiger partial charge in [0.15, 0.2) is 0 Å². The lowest BCUT2D eigenvalue weighted by Crippen LogP contribution is -2.43. The molecular formula is C20H30N4O4S2. The Morgan fingerprint density at radius 3 is 2.50 bits per heavy atom. The van der Waals surface area contributed by atoms with E-state index in [1.807, 2.05) is 4.72 Å². The Kier molecular flexibility index (Phi) is 8.45. The Hall–Kier alpha value is -1.91. The van der Waals surface area contributed by atoms with Crippen molar-refractivity contribution >= 4 is 39.0 Å². The van der Waals surface area contributed by atoms with Gasteiger partial charge in [-0.3, -0.25) is 0 Å². The molecule has 1 aromatic carbocycles. The number of unbranched alkanes of at least 4 members (excludes halogenated alkanes) is 2. The van der Waals surface area contributed by atoms with Crippen molar-refractivity contribution in [1.82, 2.24) is 19.4 Å². The highest BCUT2D eigenvalue weighted by molar-refractivity contribution is 7.99. The Bertz CT molecular complexity index is 988. The highest BCUT2D eigenvalue weighted by Crippen LogP contribution is 2.27. The number of aryl methyl sites for hydroxylation is 2. The highest BCUT2D eigenvalue weighted by Gasteiger charge is 2.20. The Balaban J connectivity index is 1.71.